The summed E-state index contributed by atoms with van der Waals surface area (Å²) in [7, 11) is 1.68. The van der Waals surface area contributed by atoms with Gasteiger partial charge >= 0.3 is 0 Å². The van der Waals surface area contributed by atoms with Crippen LogP contribution in [-0.4, -0.2) is 65.8 Å². The fourth-order valence-corrected chi connectivity index (χ4v) is 5.02. The summed E-state index contributed by atoms with van der Waals surface area (Å²) >= 11 is 0. The maximum Gasteiger partial charge on any atom is 0.245 e. The van der Waals surface area contributed by atoms with Crippen molar-refractivity contribution >= 4 is 11.8 Å². The Labute approximate surface area is 203 Å². The van der Waals surface area contributed by atoms with Crippen LogP contribution in [0.3, 0.4) is 0 Å². The van der Waals surface area contributed by atoms with Crippen LogP contribution >= 0.6 is 0 Å². The summed E-state index contributed by atoms with van der Waals surface area (Å²) in [5.74, 6) is 1.31. The van der Waals surface area contributed by atoms with Crippen LogP contribution in [0.5, 0.6) is 5.75 Å². The molecule has 0 radical (unpaired) electrons. The Morgan fingerprint density at radius 3 is 2.41 bits per heavy atom. The Bertz CT molecular complexity index is 989. The van der Waals surface area contributed by atoms with Crippen molar-refractivity contribution in [2.45, 2.75) is 52.2 Å². The van der Waals surface area contributed by atoms with Gasteiger partial charge in [-0.1, -0.05) is 50.2 Å². The average molecular weight is 464 g/mol. The van der Waals surface area contributed by atoms with Gasteiger partial charge in [0.25, 0.3) is 0 Å². The Hall–Kier alpha value is -2.86. The third kappa shape index (κ3) is 5.79. The zero-order chi connectivity index (χ0) is 24.1. The molecule has 0 aromatic heterocycles. The molecule has 0 bridgehead atoms. The van der Waals surface area contributed by atoms with Gasteiger partial charge in [0.2, 0.25) is 11.8 Å². The third-order valence-corrected chi connectivity index (χ3v) is 6.90. The van der Waals surface area contributed by atoms with Gasteiger partial charge in [-0.25, -0.2) is 0 Å². The first-order chi connectivity index (χ1) is 16.4. The van der Waals surface area contributed by atoms with E-state index in [4.69, 9.17) is 4.74 Å². The minimum atomic E-state index is -0.408. The molecule has 34 heavy (non-hydrogen) atoms. The molecule has 0 N–H and O–H groups in total. The fourth-order valence-electron chi connectivity index (χ4n) is 5.02. The van der Waals surface area contributed by atoms with E-state index in [9.17, 15) is 9.59 Å². The van der Waals surface area contributed by atoms with Gasteiger partial charge < -0.3 is 14.5 Å². The van der Waals surface area contributed by atoms with E-state index in [1.807, 2.05) is 34.1 Å². The molecule has 2 aliphatic rings. The maximum atomic E-state index is 13.8. The van der Waals surface area contributed by atoms with E-state index in [1.165, 1.54) is 11.1 Å². The number of methoxy groups -OCH3 is 1. The Morgan fingerprint density at radius 2 is 1.71 bits per heavy atom. The second kappa shape index (κ2) is 11.0. The summed E-state index contributed by atoms with van der Waals surface area (Å²) in [6.45, 7) is 8.72. The number of ether oxygens (including phenoxy) is 1. The lowest BCUT2D eigenvalue weighted by molar-refractivity contribution is -0.147. The van der Waals surface area contributed by atoms with Crippen LogP contribution in [-0.2, 0) is 29.1 Å². The molecule has 1 saturated heterocycles. The number of hydrogen-bond acceptors (Lipinski definition) is 4. The molecule has 1 unspecified atom stereocenters. The minimum absolute atomic E-state index is 0.0822. The number of carbonyl (C=O) groups excluding carboxylic acids is 2. The van der Waals surface area contributed by atoms with Crippen molar-refractivity contribution in [2.75, 3.05) is 33.3 Å². The fraction of sp³-hybridized carbons (Fsp3) is 0.500. The normalized spacial score (nSPS) is 19.0. The van der Waals surface area contributed by atoms with Gasteiger partial charge in [-0.15, -0.1) is 0 Å². The van der Waals surface area contributed by atoms with Crippen molar-refractivity contribution in [3.05, 3.63) is 65.2 Å². The summed E-state index contributed by atoms with van der Waals surface area (Å²) in [5.41, 5.74) is 3.59. The van der Waals surface area contributed by atoms with Gasteiger partial charge in [-0.2, -0.15) is 0 Å². The van der Waals surface area contributed by atoms with E-state index in [2.05, 4.69) is 43.0 Å². The van der Waals surface area contributed by atoms with Gasteiger partial charge in [-0.05, 0) is 41.2 Å². The molecule has 0 spiro atoms. The van der Waals surface area contributed by atoms with Crippen molar-refractivity contribution in [3.63, 3.8) is 0 Å². The summed E-state index contributed by atoms with van der Waals surface area (Å²) in [6, 6.07) is 16.0. The Morgan fingerprint density at radius 1 is 0.971 bits per heavy atom. The number of hydrogen-bond donors (Lipinski definition) is 0. The van der Waals surface area contributed by atoms with Gasteiger partial charge in [-0.3, -0.25) is 14.5 Å². The van der Waals surface area contributed by atoms with Crippen LogP contribution in [0.15, 0.2) is 48.5 Å². The Kier molecular flexibility index (Phi) is 7.88. The van der Waals surface area contributed by atoms with Gasteiger partial charge in [0.05, 0.1) is 7.11 Å². The van der Waals surface area contributed by atoms with E-state index in [-0.39, 0.29) is 17.7 Å². The van der Waals surface area contributed by atoms with Crippen molar-refractivity contribution in [3.8, 4) is 5.75 Å². The number of nitrogens with zero attached hydrogens (tertiary/aromatic N) is 3. The lowest BCUT2D eigenvalue weighted by Gasteiger charge is -2.39. The molecule has 6 nitrogen and oxygen atoms in total. The standard InChI is InChI=1S/C28H37N3O3/c1-21(2)17-27(32)31-20-24-8-5-4-7-23(24)18-26(31)28(33)30-14-6-13-29(15-16-30)19-22-9-11-25(34-3)12-10-22/h4-5,7-12,21,26H,6,13-20H2,1-3H3. The molecule has 182 valence electrons. The van der Waals surface area contributed by atoms with Crippen LogP contribution in [0.25, 0.3) is 0 Å². The van der Waals surface area contributed by atoms with E-state index in [0.717, 1.165) is 43.9 Å². The summed E-state index contributed by atoms with van der Waals surface area (Å²) in [4.78, 5) is 33.1. The predicted octanol–water partition coefficient (Wildman–Crippen LogP) is 3.73. The van der Waals surface area contributed by atoms with Crippen molar-refractivity contribution in [2.24, 2.45) is 5.92 Å². The van der Waals surface area contributed by atoms with Crippen molar-refractivity contribution < 1.29 is 14.3 Å². The number of carbonyl (C=O) groups is 2. The zero-order valence-corrected chi connectivity index (χ0v) is 20.7. The van der Waals surface area contributed by atoms with Crippen molar-refractivity contribution in [1.82, 2.24) is 14.7 Å². The average Bonchev–Trinajstić information content (AvgIpc) is 3.08. The summed E-state index contributed by atoms with van der Waals surface area (Å²) in [6.07, 6.45) is 2.01. The van der Waals surface area contributed by atoms with E-state index < -0.39 is 6.04 Å². The number of rotatable bonds is 6. The molecular formula is C28H37N3O3. The van der Waals surface area contributed by atoms with Crippen LogP contribution in [0.4, 0.5) is 0 Å². The molecule has 6 heteroatoms. The topological polar surface area (TPSA) is 53.1 Å². The smallest absolute Gasteiger partial charge is 0.245 e. The first kappa shape index (κ1) is 24.3. The molecule has 1 atom stereocenters. The summed E-state index contributed by atoms with van der Waals surface area (Å²) < 4.78 is 5.26. The van der Waals surface area contributed by atoms with Crippen molar-refractivity contribution in [1.29, 1.82) is 0 Å². The molecule has 2 aromatic rings. The first-order valence-electron chi connectivity index (χ1n) is 12.4. The van der Waals surface area contributed by atoms with E-state index in [1.54, 1.807) is 7.11 Å². The highest BCUT2D eigenvalue weighted by molar-refractivity contribution is 5.88. The van der Waals surface area contributed by atoms with Crippen LogP contribution < -0.4 is 4.74 Å². The SMILES string of the molecule is COc1ccc(CN2CCCN(C(=O)C3Cc4ccccc4CN3C(=O)CC(C)C)CC2)cc1. The minimum Gasteiger partial charge on any atom is -0.497 e. The molecule has 1 fully saturated rings. The van der Waals surface area contributed by atoms with E-state index in [0.29, 0.717) is 25.9 Å². The molecule has 4 rings (SSSR count). The second-order valence-electron chi connectivity index (χ2n) is 9.91. The molecule has 0 saturated carbocycles. The molecule has 2 heterocycles. The monoisotopic (exact) mass is 463 g/mol. The zero-order valence-electron chi connectivity index (χ0n) is 20.7. The highest BCUT2D eigenvalue weighted by atomic mass is 16.5. The van der Waals surface area contributed by atoms with E-state index >= 15 is 0 Å². The van der Waals surface area contributed by atoms with Gasteiger partial charge in [0.15, 0.2) is 0 Å². The lowest BCUT2D eigenvalue weighted by atomic mass is 9.92. The lowest BCUT2D eigenvalue weighted by Crippen LogP contribution is -2.54. The second-order valence-corrected chi connectivity index (χ2v) is 9.91. The number of benzene rings is 2. The van der Waals surface area contributed by atoms with Crippen LogP contribution in [0, 0.1) is 5.92 Å². The summed E-state index contributed by atoms with van der Waals surface area (Å²) in [5, 5.41) is 0. The highest BCUT2D eigenvalue weighted by Crippen LogP contribution is 2.26. The molecule has 0 aliphatic carbocycles. The predicted molar refractivity (Wildman–Crippen MR) is 133 cm³/mol. The third-order valence-electron chi connectivity index (χ3n) is 6.90. The first-order valence-corrected chi connectivity index (χ1v) is 12.4. The molecular weight excluding hydrogens is 426 g/mol. The van der Waals surface area contributed by atoms with Crippen LogP contribution in [0.2, 0.25) is 0 Å². The van der Waals surface area contributed by atoms with Gasteiger partial charge in [0, 0.05) is 52.1 Å². The van der Waals surface area contributed by atoms with Crippen LogP contribution in [0.1, 0.15) is 43.4 Å². The Balaban J connectivity index is 1.44. The van der Waals surface area contributed by atoms with Gasteiger partial charge in [0.1, 0.15) is 11.8 Å². The molecule has 2 amide bonds. The molecule has 2 aliphatic heterocycles. The number of fused-ring (bicyclic) bond motifs is 1. The number of amides is 2. The largest absolute Gasteiger partial charge is 0.497 e. The molecule has 2 aromatic carbocycles. The quantitative estimate of drug-likeness (QED) is 0.655. The maximum absolute atomic E-state index is 13.8. The highest BCUT2D eigenvalue weighted by Gasteiger charge is 2.37.